The number of rotatable bonds is 2. The first-order valence-electron chi connectivity index (χ1n) is 13.7. The summed E-state index contributed by atoms with van der Waals surface area (Å²) in [6, 6.07) is 41.5. The summed E-state index contributed by atoms with van der Waals surface area (Å²) in [5, 5.41) is 4.66. The Balaban J connectivity index is 1.35. The van der Waals surface area contributed by atoms with Gasteiger partial charge in [0.2, 0.25) is 0 Å². The van der Waals surface area contributed by atoms with Crippen LogP contribution in [0.1, 0.15) is 25.0 Å². The normalized spacial score (nSPS) is 13.8. The largest absolute Gasteiger partial charge is 0.254 e. The Hall–Kier alpha value is -4.47. The Morgan fingerprint density at radius 3 is 2.12 bits per heavy atom. The third-order valence-corrected chi connectivity index (χ3v) is 9.49. The molecule has 0 saturated heterocycles. The van der Waals surface area contributed by atoms with Crippen molar-refractivity contribution in [1.29, 1.82) is 0 Å². The quantitative estimate of drug-likeness (QED) is 0.208. The van der Waals surface area contributed by atoms with Crippen LogP contribution in [0.3, 0.4) is 0 Å². The van der Waals surface area contributed by atoms with Crippen molar-refractivity contribution < 1.29 is 0 Å². The van der Waals surface area contributed by atoms with Crippen LogP contribution in [0.25, 0.3) is 55.0 Å². The summed E-state index contributed by atoms with van der Waals surface area (Å²) in [6.45, 7) is 4.73. The molecule has 0 saturated carbocycles. The third-order valence-electron chi connectivity index (χ3n) is 8.35. The molecule has 0 unspecified atom stereocenters. The summed E-state index contributed by atoms with van der Waals surface area (Å²) in [6.07, 6.45) is 1.85. The fraction of sp³-hybridized carbons (Fsp3) is 0.0811. The summed E-state index contributed by atoms with van der Waals surface area (Å²) < 4.78 is 0. The topological polar surface area (TPSA) is 25.8 Å². The number of pyridine rings is 2. The second-order valence-electron chi connectivity index (χ2n) is 11.0. The lowest BCUT2D eigenvalue weighted by Crippen LogP contribution is -2.24. The van der Waals surface area contributed by atoms with Gasteiger partial charge in [-0.15, -0.1) is 0 Å². The molecule has 0 aliphatic carbocycles. The molecule has 1 aliphatic heterocycles. The fourth-order valence-electron chi connectivity index (χ4n) is 6.44. The molecule has 1 aliphatic rings. The predicted octanol–water partition coefficient (Wildman–Crippen LogP) is 10.1. The van der Waals surface area contributed by atoms with Gasteiger partial charge in [0.15, 0.2) is 0 Å². The molecule has 0 fully saturated rings. The Labute approximate surface area is 237 Å². The van der Waals surface area contributed by atoms with Crippen LogP contribution >= 0.6 is 11.8 Å². The molecule has 0 spiro atoms. The van der Waals surface area contributed by atoms with Crippen molar-refractivity contribution in [2.24, 2.45) is 0 Å². The monoisotopic (exact) mass is 530 g/mol. The molecule has 190 valence electrons. The summed E-state index contributed by atoms with van der Waals surface area (Å²) in [4.78, 5) is 12.5. The van der Waals surface area contributed by atoms with Crippen molar-refractivity contribution in [1.82, 2.24) is 9.97 Å². The van der Waals surface area contributed by atoms with Crippen LogP contribution in [-0.2, 0) is 5.41 Å². The summed E-state index contributed by atoms with van der Waals surface area (Å²) in [5.41, 5.74) is 9.23. The highest BCUT2D eigenvalue weighted by Gasteiger charge is 2.35. The van der Waals surface area contributed by atoms with E-state index in [0.717, 1.165) is 33.1 Å². The molecular weight excluding hydrogens is 504 g/mol. The molecule has 0 N–H and O–H groups in total. The second kappa shape index (κ2) is 8.77. The maximum Gasteiger partial charge on any atom is 0.0972 e. The van der Waals surface area contributed by atoms with Gasteiger partial charge >= 0.3 is 0 Å². The molecule has 8 rings (SSSR count). The van der Waals surface area contributed by atoms with Crippen molar-refractivity contribution in [3.8, 4) is 22.4 Å². The van der Waals surface area contributed by atoms with Gasteiger partial charge in [-0.2, -0.15) is 0 Å². The third kappa shape index (κ3) is 3.44. The summed E-state index contributed by atoms with van der Waals surface area (Å²) in [5.74, 6) is 0. The number of nitrogens with zero attached hydrogens (tertiary/aromatic N) is 2. The zero-order valence-corrected chi connectivity index (χ0v) is 23.2. The molecule has 5 aromatic carbocycles. The lowest BCUT2D eigenvalue weighted by atomic mass is 9.74. The van der Waals surface area contributed by atoms with E-state index < -0.39 is 0 Å². The van der Waals surface area contributed by atoms with E-state index in [2.05, 4.69) is 128 Å². The lowest BCUT2D eigenvalue weighted by molar-refractivity contribution is 0.609. The van der Waals surface area contributed by atoms with Gasteiger partial charge in [0.1, 0.15) is 0 Å². The van der Waals surface area contributed by atoms with Gasteiger partial charge in [-0.05, 0) is 57.3 Å². The van der Waals surface area contributed by atoms with Gasteiger partial charge in [-0.3, -0.25) is 4.98 Å². The highest BCUT2D eigenvalue weighted by Crippen LogP contribution is 2.52. The first kappa shape index (κ1) is 23.4. The van der Waals surface area contributed by atoms with Gasteiger partial charge in [-0.1, -0.05) is 117 Å². The van der Waals surface area contributed by atoms with Crippen LogP contribution in [0.2, 0.25) is 0 Å². The van der Waals surface area contributed by atoms with Crippen molar-refractivity contribution in [3.05, 3.63) is 133 Å². The summed E-state index contributed by atoms with van der Waals surface area (Å²) >= 11 is 1.89. The van der Waals surface area contributed by atoms with E-state index in [1.807, 2.05) is 24.0 Å². The zero-order chi connectivity index (χ0) is 26.8. The van der Waals surface area contributed by atoms with Crippen molar-refractivity contribution in [2.75, 3.05) is 0 Å². The maximum atomic E-state index is 5.18. The van der Waals surface area contributed by atoms with E-state index in [1.165, 1.54) is 42.8 Å². The molecule has 2 nitrogen and oxygen atoms in total. The molecule has 7 aromatic rings. The Kier molecular flexibility index (Phi) is 5.14. The standard InChI is InChI=1S/C37H26N2S/c1-37(2)30-13-5-6-14-32(30)40-33-15-7-12-29(34(33)37)27-19-20-28(26-11-4-3-10-25(26)27)31-21-18-24-17-16-23-9-8-22-38-35(23)36(24)39-31/h3-22H,1-2H3. The van der Waals surface area contributed by atoms with Crippen LogP contribution in [0.4, 0.5) is 0 Å². The van der Waals surface area contributed by atoms with Crippen molar-refractivity contribution in [3.63, 3.8) is 0 Å². The van der Waals surface area contributed by atoms with Gasteiger partial charge in [0.05, 0.1) is 16.7 Å². The van der Waals surface area contributed by atoms with Gasteiger partial charge in [0.25, 0.3) is 0 Å². The fourth-order valence-corrected chi connectivity index (χ4v) is 7.87. The Bertz CT molecular complexity index is 2130. The first-order chi connectivity index (χ1) is 19.6. The molecule has 0 radical (unpaired) electrons. The Morgan fingerprint density at radius 1 is 0.550 bits per heavy atom. The zero-order valence-electron chi connectivity index (χ0n) is 22.3. The number of hydrogen-bond donors (Lipinski definition) is 0. The van der Waals surface area contributed by atoms with Crippen molar-refractivity contribution >= 4 is 44.3 Å². The van der Waals surface area contributed by atoms with E-state index in [-0.39, 0.29) is 5.41 Å². The highest BCUT2D eigenvalue weighted by molar-refractivity contribution is 7.99. The maximum absolute atomic E-state index is 5.18. The molecule has 0 bridgehead atoms. The smallest absolute Gasteiger partial charge is 0.0972 e. The molecule has 0 atom stereocenters. The van der Waals surface area contributed by atoms with Crippen LogP contribution in [0.5, 0.6) is 0 Å². The second-order valence-corrected chi connectivity index (χ2v) is 12.1. The van der Waals surface area contributed by atoms with E-state index in [1.54, 1.807) is 0 Å². The van der Waals surface area contributed by atoms with E-state index in [9.17, 15) is 0 Å². The Morgan fingerprint density at radius 2 is 1.25 bits per heavy atom. The molecule has 40 heavy (non-hydrogen) atoms. The minimum Gasteiger partial charge on any atom is -0.254 e. The van der Waals surface area contributed by atoms with Crippen LogP contribution < -0.4 is 0 Å². The average molecular weight is 531 g/mol. The number of fused-ring (bicyclic) bond motifs is 6. The van der Waals surface area contributed by atoms with Gasteiger partial charge in [-0.25, -0.2) is 4.98 Å². The molecule has 3 heterocycles. The minimum absolute atomic E-state index is 0.110. The van der Waals surface area contributed by atoms with Crippen LogP contribution in [0.15, 0.2) is 131 Å². The first-order valence-corrected chi connectivity index (χ1v) is 14.5. The minimum atomic E-state index is -0.110. The number of benzene rings is 5. The molecule has 2 aromatic heterocycles. The van der Waals surface area contributed by atoms with Gasteiger partial charge < -0.3 is 0 Å². The van der Waals surface area contributed by atoms with Crippen LogP contribution in [0, 0.1) is 0 Å². The SMILES string of the molecule is CC1(C)c2ccccc2Sc2cccc(-c3ccc(-c4ccc5ccc6cccnc6c5n4)c4ccccc34)c21. The average Bonchev–Trinajstić information content (AvgIpc) is 3.00. The van der Waals surface area contributed by atoms with Gasteiger partial charge in [0, 0.05) is 37.7 Å². The number of hydrogen-bond acceptors (Lipinski definition) is 3. The lowest BCUT2D eigenvalue weighted by Gasteiger charge is -2.36. The highest BCUT2D eigenvalue weighted by atomic mass is 32.2. The van der Waals surface area contributed by atoms with E-state index >= 15 is 0 Å². The van der Waals surface area contributed by atoms with Crippen molar-refractivity contribution in [2.45, 2.75) is 29.1 Å². The summed E-state index contributed by atoms with van der Waals surface area (Å²) in [7, 11) is 0. The van der Waals surface area contributed by atoms with E-state index in [4.69, 9.17) is 4.98 Å². The van der Waals surface area contributed by atoms with Crippen LogP contribution in [-0.4, -0.2) is 9.97 Å². The number of aromatic nitrogens is 2. The molecule has 0 amide bonds. The molecular formula is C37H26N2S. The van der Waals surface area contributed by atoms with E-state index in [0.29, 0.717) is 0 Å². The predicted molar refractivity (Wildman–Crippen MR) is 168 cm³/mol. The molecule has 3 heteroatoms.